The van der Waals surface area contributed by atoms with Crippen LogP contribution in [0.4, 0.5) is 0 Å². The first-order valence-corrected chi connectivity index (χ1v) is 8.22. The van der Waals surface area contributed by atoms with Crippen LogP contribution < -0.4 is 5.32 Å². The van der Waals surface area contributed by atoms with Gasteiger partial charge >= 0.3 is 0 Å². The van der Waals surface area contributed by atoms with Crippen molar-refractivity contribution in [2.45, 2.75) is 26.2 Å². The molecule has 1 saturated heterocycles. The molecule has 1 aliphatic rings. The van der Waals surface area contributed by atoms with Gasteiger partial charge in [-0.05, 0) is 43.3 Å². The summed E-state index contributed by atoms with van der Waals surface area (Å²) in [6.07, 6.45) is 3.24. The zero-order valence-electron chi connectivity index (χ0n) is 12.0. The van der Waals surface area contributed by atoms with Crippen LogP contribution in [0.3, 0.4) is 0 Å². The van der Waals surface area contributed by atoms with E-state index in [1.165, 1.54) is 0 Å². The van der Waals surface area contributed by atoms with Gasteiger partial charge in [0.25, 0.3) is 5.91 Å². The van der Waals surface area contributed by atoms with Crippen LogP contribution in [-0.4, -0.2) is 37.0 Å². The Balaban J connectivity index is 1.66. The van der Waals surface area contributed by atoms with Crippen molar-refractivity contribution in [3.8, 4) is 11.8 Å². The first kappa shape index (κ1) is 15.1. The molecule has 20 heavy (non-hydrogen) atoms. The summed E-state index contributed by atoms with van der Waals surface area (Å²) in [6.45, 7) is 5.95. The van der Waals surface area contributed by atoms with E-state index >= 15 is 0 Å². The van der Waals surface area contributed by atoms with Crippen LogP contribution in [0.2, 0.25) is 0 Å². The van der Waals surface area contributed by atoms with Gasteiger partial charge in [0.15, 0.2) is 0 Å². The smallest absolute Gasteiger partial charge is 0.252 e. The van der Waals surface area contributed by atoms with Gasteiger partial charge in [0, 0.05) is 23.9 Å². The Morgan fingerprint density at radius 1 is 1.45 bits per heavy atom. The fraction of sp³-hybridized carbons (Fsp3) is 0.562. The van der Waals surface area contributed by atoms with E-state index in [9.17, 15) is 4.79 Å². The van der Waals surface area contributed by atoms with Gasteiger partial charge in [-0.2, -0.15) is 11.3 Å². The summed E-state index contributed by atoms with van der Waals surface area (Å²) >= 11 is 1.56. The maximum Gasteiger partial charge on any atom is 0.252 e. The first-order valence-electron chi connectivity index (χ1n) is 7.28. The van der Waals surface area contributed by atoms with E-state index in [2.05, 4.69) is 29.0 Å². The summed E-state index contributed by atoms with van der Waals surface area (Å²) in [5.74, 6) is 6.97. The van der Waals surface area contributed by atoms with Gasteiger partial charge in [-0.15, -0.1) is 5.92 Å². The molecule has 2 heterocycles. The third-order valence-corrected chi connectivity index (χ3v) is 4.33. The van der Waals surface area contributed by atoms with Crippen LogP contribution in [0.25, 0.3) is 0 Å². The van der Waals surface area contributed by atoms with E-state index in [4.69, 9.17) is 0 Å². The summed E-state index contributed by atoms with van der Waals surface area (Å²) in [6, 6.07) is 1.87. The lowest BCUT2D eigenvalue weighted by atomic mass is 9.97. The quantitative estimate of drug-likeness (QED) is 0.865. The maximum atomic E-state index is 11.9. The van der Waals surface area contributed by atoms with Gasteiger partial charge < -0.3 is 5.32 Å². The van der Waals surface area contributed by atoms with Crippen molar-refractivity contribution < 1.29 is 4.79 Å². The number of hydrogen-bond acceptors (Lipinski definition) is 3. The van der Waals surface area contributed by atoms with Crippen molar-refractivity contribution in [1.29, 1.82) is 0 Å². The second-order valence-corrected chi connectivity index (χ2v) is 5.93. The monoisotopic (exact) mass is 290 g/mol. The molecule has 1 aliphatic heterocycles. The van der Waals surface area contributed by atoms with Crippen LogP contribution in [0.5, 0.6) is 0 Å². The van der Waals surface area contributed by atoms with Crippen molar-refractivity contribution in [2.24, 2.45) is 5.92 Å². The third kappa shape index (κ3) is 4.66. The number of likely N-dealkylation sites (tertiary alicyclic amines) is 1. The van der Waals surface area contributed by atoms with Crippen molar-refractivity contribution in [1.82, 2.24) is 10.2 Å². The Bertz CT molecular complexity index is 464. The number of nitrogens with one attached hydrogen (secondary N) is 1. The van der Waals surface area contributed by atoms with Crippen LogP contribution in [0, 0.1) is 17.8 Å². The van der Waals surface area contributed by atoms with E-state index in [0.29, 0.717) is 5.92 Å². The zero-order chi connectivity index (χ0) is 14.2. The number of rotatable bonds is 4. The third-order valence-electron chi connectivity index (χ3n) is 3.65. The molecule has 3 nitrogen and oxygen atoms in total. The molecule has 0 atom stereocenters. The molecule has 1 fully saturated rings. The molecule has 1 aromatic rings. The molecule has 108 valence electrons. The Kier molecular flexibility index (Phi) is 6.10. The molecule has 0 aromatic carbocycles. The largest absolute Gasteiger partial charge is 0.352 e. The molecule has 0 spiro atoms. The van der Waals surface area contributed by atoms with Crippen molar-refractivity contribution in [3.05, 3.63) is 22.4 Å². The molecule has 0 radical (unpaired) electrons. The van der Waals surface area contributed by atoms with Gasteiger partial charge in [-0.3, -0.25) is 9.69 Å². The molecule has 1 amide bonds. The fourth-order valence-corrected chi connectivity index (χ4v) is 3.01. The number of piperidine rings is 1. The summed E-state index contributed by atoms with van der Waals surface area (Å²) < 4.78 is 0. The second kappa shape index (κ2) is 8.08. The Morgan fingerprint density at radius 3 is 2.90 bits per heavy atom. The topological polar surface area (TPSA) is 32.3 Å². The molecular formula is C16H22N2OS. The van der Waals surface area contributed by atoms with Crippen LogP contribution in [0.15, 0.2) is 16.8 Å². The van der Waals surface area contributed by atoms with Crippen LogP contribution >= 0.6 is 11.3 Å². The Hall–Kier alpha value is -1.31. The van der Waals surface area contributed by atoms with E-state index < -0.39 is 0 Å². The summed E-state index contributed by atoms with van der Waals surface area (Å²) in [4.78, 5) is 14.3. The lowest BCUT2D eigenvalue weighted by Gasteiger charge is -2.30. The lowest BCUT2D eigenvalue weighted by molar-refractivity contribution is 0.0938. The highest BCUT2D eigenvalue weighted by Crippen LogP contribution is 2.16. The average molecular weight is 290 g/mol. The number of amides is 1. The van der Waals surface area contributed by atoms with E-state index in [1.807, 2.05) is 16.8 Å². The summed E-state index contributed by atoms with van der Waals surface area (Å²) in [7, 11) is 0. The standard InChI is InChI=1S/C16H22N2OS/c1-2-3-4-8-18-9-5-14(6-10-18)12-17-16(19)15-7-11-20-13-15/h7,11,13-14H,2,5-6,8-10,12H2,1H3,(H,17,19). The molecule has 2 rings (SSSR count). The number of nitrogens with zero attached hydrogens (tertiary/aromatic N) is 1. The normalized spacial score (nSPS) is 16.4. The predicted molar refractivity (Wildman–Crippen MR) is 83.9 cm³/mol. The van der Waals surface area contributed by atoms with Gasteiger partial charge in [-0.25, -0.2) is 0 Å². The second-order valence-electron chi connectivity index (χ2n) is 5.15. The highest BCUT2D eigenvalue weighted by molar-refractivity contribution is 7.08. The first-order chi connectivity index (χ1) is 9.79. The highest BCUT2D eigenvalue weighted by atomic mass is 32.1. The minimum Gasteiger partial charge on any atom is -0.352 e. The molecule has 1 N–H and O–H groups in total. The Labute approximate surface area is 125 Å². The number of hydrogen-bond donors (Lipinski definition) is 1. The fourth-order valence-electron chi connectivity index (χ4n) is 2.37. The Morgan fingerprint density at radius 2 is 2.25 bits per heavy atom. The molecular weight excluding hydrogens is 268 g/mol. The van der Waals surface area contributed by atoms with Crippen LogP contribution in [-0.2, 0) is 0 Å². The molecule has 4 heteroatoms. The van der Waals surface area contributed by atoms with Gasteiger partial charge in [0.1, 0.15) is 0 Å². The number of carbonyl (C=O) groups is 1. The predicted octanol–water partition coefficient (Wildman–Crippen LogP) is 2.60. The van der Waals surface area contributed by atoms with Gasteiger partial charge in [0.2, 0.25) is 0 Å². The summed E-state index contributed by atoms with van der Waals surface area (Å²) in [5, 5.41) is 6.87. The molecule has 1 aromatic heterocycles. The minimum absolute atomic E-state index is 0.0579. The van der Waals surface area contributed by atoms with E-state index in [0.717, 1.165) is 51.0 Å². The molecule has 0 bridgehead atoms. The minimum atomic E-state index is 0.0579. The summed E-state index contributed by atoms with van der Waals surface area (Å²) in [5.41, 5.74) is 0.780. The van der Waals surface area contributed by atoms with Crippen LogP contribution in [0.1, 0.15) is 36.5 Å². The molecule has 0 aliphatic carbocycles. The van der Waals surface area contributed by atoms with E-state index in [-0.39, 0.29) is 5.91 Å². The lowest BCUT2D eigenvalue weighted by Crippen LogP contribution is -2.38. The molecule has 0 unspecified atom stereocenters. The average Bonchev–Trinajstić information content (AvgIpc) is 3.01. The maximum absolute atomic E-state index is 11.9. The SMILES string of the molecule is CCC#CCN1CCC(CNC(=O)c2ccsc2)CC1. The van der Waals surface area contributed by atoms with Crippen molar-refractivity contribution >= 4 is 17.2 Å². The zero-order valence-corrected chi connectivity index (χ0v) is 12.8. The van der Waals surface area contributed by atoms with Gasteiger partial charge in [-0.1, -0.05) is 12.8 Å². The number of thiophene rings is 1. The molecule has 0 saturated carbocycles. The van der Waals surface area contributed by atoms with Gasteiger partial charge in [0.05, 0.1) is 6.54 Å². The number of carbonyl (C=O) groups excluding carboxylic acids is 1. The van der Waals surface area contributed by atoms with E-state index in [1.54, 1.807) is 11.3 Å². The van der Waals surface area contributed by atoms with Crippen molar-refractivity contribution in [2.75, 3.05) is 26.2 Å². The van der Waals surface area contributed by atoms with Crippen molar-refractivity contribution in [3.63, 3.8) is 0 Å². The highest BCUT2D eigenvalue weighted by Gasteiger charge is 2.19.